The molecular formula is C20H18N2O12S4. The third-order valence-corrected chi connectivity index (χ3v) is 8.49. The van der Waals surface area contributed by atoms with E-state index in [2.05, 4.69) is 0 Å². The van der Waals surface area contributed by atoms with E-state index < -0.39 is 55.2 Å². The highest BCUT2D eigenvalue weighted by Gasteiger charge is 2.20. The second kappa shape index (κ2) is 9.75. The lowest BCUT2D eigenvalue weighted by Gasteiger charge is -2.07. The van der Waals surface area contributed by atoms with Gasteiger partial charge in [0, 0.05) is 11.1 Å². The van der Waals surface area contributed by atoms with Gasteiger partial charge >= 0.3 is 0 Å². The van der Waals surface area contributed by atoms with Crippen LogP contribution >= 0.6 is 0 Å². The summed E-state index contributed by atoms with van der Waals surface area (Å²) < 4.78 is 125. The number of rotatable bonds is 4. The zero-order valence-electron chi connectivity index (χ0n) is 18.6. The van der Waals surface area contributed by atoms with Gasteiger partial charge in [-0.3, -0.25) is 18.2 Å². The molecule has 0 aliphatic rings. The minimum atomic E-state index is -4.64. The Hall–Kier alpha value is -3.36. The Kier molecular flexibility index (Phi) is 7.49. The molecular weight excluding hydrogens is 588 g/mol. The standard InChI is InChI=1S/2C10H9NO6S2/c11-7-1-2-9-6(3-7)4-8(18(12,13)14)5-10(9)19(15,16)17;11-9-4-6-1-2-8(18(12,13)14)3-7(6)5-10(9)19(15,16)17/h2*1-5H,11H2,(H,12,13,14)(H,15,16,17). The molecule has 0 amide bonds. The maximum atomic E-state index is 11.3. The zero-order valence-corrected chi connectivity index (χ0v) is 21.9. The third-order valence-electron chi connectivity index (χ3n) is 5.00. The van der Waals surface area contributed by atoms with Crippen molar-refractivity contribution < 1.29 is 51.9 Å². The molecule has 0 aliphatic heterocycles. The molecule has 0 aliphatic carbocycles. The first kappa shape index (κ1) is 29.2. The molecule has 204 valence electrons. The Bertz CT molecular complexity index is 2040. The van der Waals surface area contributed by atoms with Crippen LogP contribution in [0, 0.1) is 0 Å². The van der Waals surface area contributed by atoms with E-state index in [0.717, 1.165) is 24.3 Å². The van der Waals surface area contributed by atoms with Crippen LogP contribution < -0.4 is 11.5 Å². The molecule has 0 atom stereocenters. The lowest BCUT2D eigenvalue weighted by Crippen LogP contribution is -2.04. The summed E-state index contributed by atoms with van der Waals surface area (Å²) >= 11 is 0. The number of hydrogen-bond donors (Lipinski definition) is 6. The van der Waals surface area contributed by atoms with Crippen molar-refractivity contribution in [1.82, 2.24) is 0 Å². The van der Waals surface area contributed by atoms with Crippen molar-refractivity contribution in [3.05, 3.63) is 60.7 Å². The molecule has 0 aromatic heterocycles. The summed E-state index contributed by atoms with van der Waals surface area (Å²) in [4.78, 5) is -2.16. The Balaban J connectivity index is 0.000000211. The Labute approximate surface area is 216 Å². The van der Waals surface area contributed by atoms with Crippen LogP contribution in [0.1, 0.15) is 0 Å². The molecule has 0 radical (unpaired) electrons. The summed E-state index contributed by atoms with van der Waals surface area (Å²) in [6.45, 7) is 0. The van der Waals surface area contributed by atoms with Crippen molar-refractivity contribution in [2.45, 2.75) is 19.6 Å². The molecule has 0 spiro atoms. The highest BCUT2D eigenvalue weighted by atomic mass is 32.2. The number of anilines is 2. The first-order valence-corrected chi connectivity index (χ1v) is 15.5. The van der Waals surface area contributed by atoms with E-state index >= 15 is 0 Å². The fourth-order valence-corrected chi connectivity index (χ4v) is 5.85. The molecule has 14 nitrogen and oxygen atoms in total. The van der Waals surface area contributed by atoms with E-state index in [1.165, 1.54) is 30.3 Å². The second-order valence-corrected chi connectivity index (χ2v) is 13.3. The van der Waals surface area contributed by atoms with Crippen LogP contribution in [0.5, 0.6) is 0 Å². The summed E-state index contributed by atoms with van der Waals surface area (Å²) in [5.41, 5.74) is 11.1. The summed E-state index contributed by atoms with van der Waals surface area (Å²) in [5.74, 6) is 0. The fourth-order valence-electron chi connectivity index (χ4n) is 3.35. The first-order valence-electron chi connectivity index (χ1n) is 9.74. The lowest BCUT2D eigenvalue weighted by atomic mass is 10.1. The molecule has 0 saturated carbocycles. The minimum Gasteiger partial charge on any atom is -0.399 e. The van der Waals surface area contributed by atoms with Crippen LogP contribution in [0.3, 0.4) is 0 Å². The number of nitrogens with two attached hydrogens (primary N) is 2. The Morgan fingerprint density at radius 1 is 0.474 bits per heavy atom. The molecule has 4 aromatic rings. The SMILES string of the molecule is Nc1cc2ccc(S(=O)(=O)O)cc2cc1S(=O)(=O)O.Nc1ccc2c(S(=O)(=O)O)cc(S(=O)(=O)O)cc2c1. The van der Waals surface area contributed by atoms with Crippen molar-refractivity contribution in [3.8, 4) is 0 Å². The third kappa shape index (κ3) is 6.55. The van der Waals surface area contributed by atoms with Crippen molar-refractivity contribution in [2.24, 2.45) is 0 Å². The zero-order chi connectivity index (χ0) is 28.8. The van der Waals surface area contributed by atoms with Gasteiger partial charge in [0.1, 0.15) is 9.79 Å². The van der Waals surface area contributed by atoms with Crippen LogP contribution in [-0.4, -0.2) is 51.9 Å². The quantitative estimate of drug-likeness (QED) is 0.143. The van der Waals surface area contributed by atoms with Crippen molar-refractivity contribution >= 4 is 73.4 Å². The normalized spacial score (nSPS) is 12.7. The van der Waals surface area contributed by atoms with E-state index in [1.54, 1.807) is 0 Å². The van der Waals surface area contributed by atoms with Crippen LogP contribution in [0.25, 0.3) is 21.5 Å². The molecule has 0 fully saturated rings. The molecule has 8 N–H and O–H groups in total. The number of fused-ring (bicyclic) bond motifs is 2. The monoisotopic (exact) mass is 606 g/mol. The average Bonchev–Trinajstić information content (AvgIpc) is 2.75. The maximum Gasteiger partial charge on any atom is 0.296 e. The predicted octanol–water partition coefficient (Wildman–Crippen LogP) is 1.83. The van der Waals surface area contributed by atoms with E-state index in [1.807, 2.05) is 0 Å². The van der Waals surface area contributed by atoms with Gasteiger partial charge in [-0.05, 0) is 64.7 Å². The molecule has 4 rings (SSSR count). The van der Waals surface area contributed by atoms with Crippen LogP contribution in [-0.2, 0) is 40.5 Å². The van der Waals surface area contributed by atoms with Crippen molar-refractivity contribution in [2.75, 3.05) is 11.5 Å². The highest BCUT2D eigenvalue weighted by Crippen LogP contribution is 2.29. The maximum absolute atomic E-state index is 11.3. The van der Waals surface area contributed by atoms with Crippen LogP contribution in [0.2, 0.25) is 0 Å². The Morgan fingerprint density at radius 2 is 1.03 bits per heavy atom. The first-order chi connectivity index (χ1) is 17.2. The predicted molar refractivity (Wildman–Crippen MR) is 136 cm³/mol. The van der Waals surface area contributed by atoms with Crippen LogP contribution in [0.15, 0.2) is 80.2 Å². The summed E-state index contributed by atoms with van der Waals surface area (Å²) in [5, 5.41) is 0.945. The van der Waals surface area contributed by atoms with Crippen LogP contribution in [0.4, 0.5) is 11.4 Å². The van der Waals surface area contributed by atoms with E-state index in [-0.39, 0.29) is 32.4 Å². The van der Waals surface area contributed by atoms with Crippen molar-refractivity contribution in [1.29, 1.82) is 0 Å². The molecule has 0 unspecified atom stereocenters. The molecule has 0 saturated heterocycles. The summed E-state index contributed by atoms with van der Waals surface area (Å²) in [7, 11) is -18.2. The van der Waals surface area contributed by atoms with E-state index in [0.29, 0.717) is 11.5 Å². The van der Waals surface area contributed by atoms with Gasteiger partial charge in [0.2, 0.25) is 0 Å². The molecule has 0 bridgehead atoms. The van der Waals surface area contributed by atoms with Gasteiger partial charge in [-0.15, -0.1) is 0 Å². The molecule has 0 heterocycles. The molecule has 38 heavy (non-hydrogen) atoms. The van der Waals surface area contributed by atoms with Gasteiger partial charge in [-0.1, -0.05) is 12.1 Å². The number of benzene rings is 4. The topological polar surface area (TPSA) is 270 Å². The summed E-state index contributed by atoms with van der Waals surface area (Å²) in [6, 6.07) is 11.7. The van der Waals surface area contributed by atoms with Gasteiger partial charge in [0.05, 0.1) is 15.5 Å². The van der Waals surface area contributed by atoms with Crippen molar-refractivity contribution in [3.63, 3.8) is 0 Å². The van der Waals surface area contributed by atoms with E-state index in [4.69, 9.17) is 29.7 Å². The van der Waals surface area contributed by atoms with Gasteiger partial charge in [-0.2, -0.15) is 33.7 Å². The lowest BCUT2D eigenvalue weighted by molar-refractivity contribution is 0.479. The van der Waals surface area contributed by atoms with Gasteiger partial charge in [-0.25, -0.2) is 0 Å². The van der Waals surface area contributed by atoms with Gasteiger partial charge in [0.15, 0.2) is 0 Å². The number of nitrogen functional groups attached to an aromatic ring is 2. The highest BCUT2D eigenvalue weighted by molar-refractivity contribution is 7.87. The molecule has 18 heteroatoms. The largest absolute Gasteiger partial charge is 0.399 e. The van der Waals surface area contributed by atoms with Gasteiger partial charge < -0.3 is 11.5 Å². The summed E-state index contributed by atoms with van der Waals surface area (Å²) in [6.07, 6.45) is 0. The van der Waals surface area contributed by atoms with Gasteiger partial charge in [0.25, 0.3) is 40.5 Å². The minimum absolute atomic E-state index is 0.101. The molecule has 4 aromatic carbocycles. The number of hydrogen-bond acceptors (Lipinski definition) is 10. The fraction of sp³-hybridized carbons (Fsp3) is 0. The Morgan fingerprint density at radius 3 is 1.55 bits per heavy atom. The van der Waals surface area contributed by atoms with E-state index in [9.17, 15) is 33.7 Å². The average molecular weight is 607 g/mol. The smallest absolute Gasteiger partial charge is 0.296 e. The second-order valence-electron chi connectivity index (χ2n) is 7.70.